The topological polar surface area (TPSA) is 114 Å². The number of aliphatic hydroxyl groups excluding tert-OH is 1. The molecule has 144 valence electrons. The lowest BCUT2D eigenvalue weighted by Gasteiger charge is -2.51. The van der Waals surface area contributed by atoms with E-state index in [2.05, 4.69) is 15.5 Å². The SMILES string of the molecule is C[C@@]1(O)CCOC2(CCN(C(=O)c3ccc(-n4cnnn4)cc3)CC2)[C@H]1O. The molecule has 0 bridgehead atoms. The van der Waals surface area contributed by atoms with Crippen LogP contribution < -0.4 is 0 Å². The zero-order valence-electron chi connectivity index (χ0n) is 15.2. The lowest BCUT2D eigenvalue weighted by Crippen LogP contribution is -2.64. The monoisotopic (exact) mass is 373 g/mol. The van der Waals surface area contributed by atoms with Crippen molar-refractivity contribution in [3.63, 3.8) is 0 Å². The Balaban J connectivity index is 1.43. The quantitative estimate of drug-likeness (QED) is 0.771. The molecule has 1 spiro atoms. The van der Waals surface area contributed by atoms with Crippen molar-refractivity contribution in [1.29, 1.82) is 0 Å². The van der Waals surface area contributed by atoms with E-state index in [0.717, 1.165) is 5.69 Å². The number of rotatable bonds is 2. The zero-order valence-corrected chi connectivity index (χ0v) is 15.2. The van der Waals surface area contributed by atoms with Crippen LogP contribution in [0.25, 0.3) is 5.69 Å². The highest BCUT2D eigenvalue weighted by atomic mass is 16.5. The van der Waals surface area contributed by atoms with E-state index in [0.29, 0.717) is 44.5 Å². The van der Waals surface area contributed by atoms with Gasteiger partial charge in [0, 0.05) is 25.1 Å². The Morgan fingerprint density at radius 3 is 2.56 bits per heavy atom. The van der Waals surface area contributed by atoms with Crippen LogP contribution in [0, 0.1) is 0 Å². The Morgan fingerprint density at radius 1 is 1.22 bits per heavy atom. The Bertz CT molecular complexity index is 798. The Kier molecular flexibility index (Phi) is 4.45. The van der Waals surface area contributed by atoms with Gasteiger partial charge >= 0.3 is 0 Å². The normalized spacial score (nSPS) is 27.7. The molecule has 3 heterocycles. The average molecular weight is 373 g/mol. The highest BCUT2D eigenvalue weighted by Gasteiger charge is 2.52. The summed E-state index contributed by atoms with van der Waals surface area (Å²) in [6.07, 6.45) is 1.95. The number of hydrogen-bond acceptors (Lipinski definition) is 7. The highest BCUT2D eigenvalue weighted by molar-refractivity contribution is 5.94. The maximum absolute atomic E-state index is 12.8. The van der Waals surface area contributed by atoms with Crippen molar-refractivity contribution in [2.24, 2.45) is 0 Å². The fourth-order valence-corrected chi connectivity index (χ4v) is 3.97. The van der Waals surface area contributed by atoms with Crippen molar-refractivity contribution >= 4 is 5.91 Å². The molecule has 4 rings (SSSR count). The number of tetrazole rings is 1. The maximum Gasteiger partial charge on any atom is 0.253 e. The summed E-state index contributed by atoms with van der Waals surface area (Å²) in [6, 6.07) is 7.08. The molecule has 9 heteroatoms. The van der Waals surface area contributed by atoms with Gasteiger partial charge in [0.15, 0.2) is 0 Å². The summed E-state index contributed by atoms with van der Waals surface area (Å²) < 4.78 is 7.40. The Labute approximate surface area is 156 Å². The molecule has 9 nitrogen and oxygen atoms in total. The van der Waals surface area contributed by atoms with Gasteiger partial charge in [-0.2, -0.15) is 0 Å². The van der Waals surface area contributed by atoms with Gasteiger partial charge in [-0.3, -0.25) is 4.79 Å². The molecule has 2 fully saturated rings. The molecule has 2 atom stereocenters. The van der Waals surface area contributed by atoms with E-state index < -0.39 is 17.3 Å². The fourth-order valence-electron chi connectivity index (χ4n) is 3.97. The molecular weight excluding hydrogens is 350 g/mol. The van der Waals surface area contributed by atoms with Crippen LogP contribution in [-0.4, -0.2) is 78.2 Å². The van der Waals surface area contributed by atoms with E-state index in [4.69, 9.17) is 4.74 Å². The minimum Gasteiger partial charge on any atom is -0.387 e. The maximum atomic E-state index is 12.8. The number of carbonyl (C=O) groups excluding carboxylic acids is 1. The first-order valence-corrected chi connectivity index (χ1v) is 9.08. The van der Waals surface area contributed by atoms with Crippen molar-refractivity contribution < 1.29 is 19.7 Å². The van der Waals surface area contributed by atoms with Gasteiger partial charge in [0.05, 0.1) is 17.9 Å². The van der Waals surface area contributed by atoms with Crippen LogP contribution >= 0.6 is 0 Å². The molecule has 0 saturated carbocycles. The molecule has 2 aliphatic rings. The van der Waals surface area contributed by atoms with Crippen LogP contribution in [0.1, 0.15) is 36.5 Å². The molecule has 2 N–H and O–H groups in total. The summed E-state index contributed by atoms with van der Waals surface area (Å²) in [4.78, 5) is 14.6. The van der Waals surface area contributed by atoms with Crippen molar-refractivity contribution in [1.82, 2.24) is 25.1 Å². The van der Waals surface area contributed by atoms with Crippen molar-refractivity contribution in [3.05, 3.63) is 36.2 Å². The van der Waals surface area contributed by atoms with E-state index in [1.807, 2.05) is 0 Å². The molecular formula is C18H23N5O4. The van der Waals surface area contributed by atoms with Gasteiger partial charge in [0.2, 0.25) is 0 Å². The summed E-state index contributed by atoms with van der Waals surface area (Å²) in [5.41, 5.74) is -0.575. The van der Waals surface area contributed by atoms with E-state index in [9.17, 15) is 15.0 Å². The van der Waals surface area contributed by atoms with E-state index in [1.54, 1.807) is 36.1 Å². The van der Waals surface area contributed by atoms with E-state index in [1.165, 1.54) is 11.0 Å². The van der Waals surface area contributed by atoms with Gasteiger partial charge in [-0.25, -0.2) is 4.68 Å². The van der Waals surface area contributed by atoms with Crippen LogP contribution in [0.4, 0.5) is 0 Å². The van der Waals surface area contributed by atoms with Crippen LogP contribution in [0.2, 0.25) is 0 Å². The van der Waals surface area contributed by atoms with Gasteiger partial charge in [0.25, 0.3) is 5.91 Å². The second kappa shape index (κ2) is 6.66. The molecule has 0 radical (unpaired) electrons. The fraction of sp³-hybridized carbons (Fsp3) is 0.556. The summed E-state index contributed by atoms with van der Waals surface area (Å²) in [7, 11) is 0. The number of carbonyl (C=O) groups is 1. The van der Waals surface area contributed by atoms with Gasteiger partial charge in [-0.05, 0) is 54.5 Å². The second-order valence-electron chi connectivity index (χ2n) is 7.52. The summed E-state index contributed by atoms with van der Waals surface area (Å²) in [5, 5.41) is 32.0. The number of amides is 1. The standard InChI is InChI=1S/C18H23N5O4/c1-17(26)8-11-27-18(16(17)25)6-9-22(10-7-18)15(24)13-2-4-14(5-3-13)23-12-19-20-21-23/h2-5,12,16,25-26H,6-11H2,1H3/t16-,17+/m0/s1. The number of aliphatic hydroxyl groups is 2. The average Bonchev–Trinajstić information content (AvgIpc) is 3.21. The highest BCUT2D eigenvalue weighted by Crippen LogP contribution is 2.39. The third kappa shape index (κ3) is 3.22. The van der Waals surface area contributed by atoms with Gasteiger partial charge < -0.3 is 19.8 Å². The number of nitrogens with zero attached hydrogens (tertiary/aromatic N) is 5. The van der Waals surface area contributed by atoms with E-state index in [-0.39, 0.29) is 5.91 Å². The first kappa shape index (κ1) is 18.0. The lowest BCUT2D eigenvalue weighted by atomic mass is 9.75. The third-order valence-electron chi connectivity index (χ3n) is 5.71. The second-order valence-corrected chi connectivity index (χ2v) is 7.52. The van der Waals surface area contributed by atoms with Crippen LogP contribution in [-0.2, 0) is 4.74 Å². The molecule has 2 aliphatic heterocycles. The summed E-state index contributed by atoms with van der Waals surface area (Å²) >= 11 is 0. The summed E-state index contributed by atoms with van der Waals surface area (Å²) in [5.74, 6) is -0.0647. The first-order valence-electron chi connectivity index (χ1n) is 9.08. The number of aromatic nitrogens is 4. The minimum atomic E-state index is -1.16. The third-order valence-corrected chi connectivity index (χ3v) is 5.71. The molecule has 27 heavy (non-hydrogen) atoms. The number of hydrogen-bond donors (Lipinski definition) is 2. The predicted octanol–water partition coefficient (Wildman–Crippen LogP) is 0.169. The van der Waals surface area contributed by atoms with Gasteiger partial charge in [-0.15, -0.1) is 5.10 Å². The molecule has 0 unspecified atom stereocenters. The molecule has 2 saturated heterocycles. The first-order chi connectivity index (χ1) is 12.9. The largest absolute Gasteiger partial charge is 0.387 e. The summed E-state index contributed by atoms with van der Waals surface area (Å²) in [6.45, 7) is 3.00. The van der Waals surface area contributed by atoms with Crippen LogP contribution in [0.5, 0.6) is 0 Å². The van der Waals surface area contributed by atoms with E-state index >= 15 is 0 Å². The van der Waals surface area contributed by atoms with Crippen molar-refractivity contribution in [2.75, 3.05) is 19.7 Å². The van der Waals surface area contributed by atoms with Gasteiger partial charge in [-0.1, -0.05) is 0 Å². The van der Waals surface area contributed by atoms with Crippen molar-refractivity contribution in [2.45, 2.75) is 43.5 Å². The number of benzene rings is 1. The Morgan fingerprint density at radius 2 is 1.93 bits per heavy atom. The predicted molar refractivity (Wildman–Crippen MR) is 94.2 cm³/mol. The molecule has 0 aliphatic carbocycles. The minimum absolute atomic E-state index is 0.0647. The lowest BCUT2D eigenvalue weighted by molar-refractivity contribution is -0.244. The van der Waals surface area contributed by atoms with Crippen LogP contribution in [0.15, 0.2) is 30.6 Å². The van der Waals surface area contributed by atoms with Gasteiger partial charge in [0.1, 0.15) is 18.0 Å². The molecule has 1 aromatic carbocycles. The Hall–Kier alpha value is -2.36. The smallest absolute Gasteiger partial charge is 0.253 e. The number of piperidine rings is 1. The molecule has 2 aromatic rings. The van der Waals surface area contributed by atoms with Crippen molar-refractivity contribution in [3.8, 4) is 5.69 Å². The number of likely N-dealkylation sites (tertiary alicyclic amines) is 1. The molecule has 1 amide bonds. The van der Waals surface area contributed by atoms with Crippen LogP contribution in [0.3, 0.4) is 0 Å². The zero-order chi connectivity index (χ0) is 19.1. The molecule has 1 aromatic heterocycles. The number of ether oxygens (including phenoxy) is 1.